The summed E-state index contributed by atoms with van der Waals surface area (Å²) in [5, 5.41) is 0. The van der Waals surface area contributed by atoms with Gasteiger partial charge in [0.15, 0.2) is 5.78 Å². The zero-order chi connectivity index (χ0) is 9.97. The highest BCUT2D eigenvalue weighted by atomic mass is 127. The number of nitrogens with zero attached hydrogens (tertiary/aromatic N) is 1. The Hall–Kier alpha value is -0.580. The van der Waals surface area contributed by atoms with Crippen LogP contribution in [0.25, 0.3) is 0 Å². The van der Waals surface area contributed by atoms with E-state index in [1.54, 1.807) is 0 Å². The number of carbonyl (C=O) groups excluding carboxylic acids is 1. The molecule has 0 amide bonds. The summed E-state index contributed by atoms with van der Waals surface area (Å²) in [4.78, 5) is 13.4. The minimum Gasteiger partial charge on any atom is -0.364 e. The lowest BCUT2D eigenvalue weighted by Crippen LogP contribution is -2.35. The highest BCUT2D eigenvalue weighted by Gasteiger charge is 2.16. The first-order valence-electron chi connectivity index (χ1n) is 4.78. The van der Waals surface area contributed by atoms with Gasteiger partial charge in [-0.2, -0.15) is 0 Å². The molecule has 0 bridgehead atoms. The van der Waals surface area contributed by atoms with E-state index in [1.165, 1.54) is 9.26 Å². The summed E-state index contributed by atoms with van der Waals surface area (Å²) in [5.41, 5.74) is 1.17. The van der Waals surface area contributed by atoms with E-state index in [9.17, 15) is 4.79 Å². The number of ketones is 1. The standard InChI is InChI=1S/C11H12INO/c12-9-3-5-10(6-4-9)13-7-1-2-11(14)8-13/h3-6H,1-2,7-8H2. The zero-order valence-corrected chi connectivity index (χ0v) is 10.0. The van der Waals surface area contributed by atoms with Crippen molar-refractivity contribution in [2.24, 2.45) is 0 Å². The molecule has 0 aromatic heterocycles. The van der Waals surface area contributed by atoms with Crippen LogP contribution in [0.1, 0.15) is 12.8 Å². The molecular formula is C11H12INO. The summed E-state index contributed by atoms with van der Waals surface area (Å²) in [6.45, 7) is 1.59. The Kier molecular flexibility index (Phi) is 3.05. The van der Waals surface area contributed by atoms with Gasteiger partial charge in [0.1, 0.15) is 0 Å². The number of carbonyl (C=O) groups is 1. The normalized spacial score (nSPS) is 17.2. The summed E-state index contributed by atoms with van der Waals surface area (Å²) in [5.74, 6) is 0.356. The topological polar surface area (TPSA) is 20.3 Å². The molecule has 1 aromatic carbocycles. The predicted octanol–water partition coefficient (Wildman–Crippen LogP) is 2.46. The zero-order valence-electron chi connectivity index (χ0n) is 7.87. The summed E-state index contributed by atoms with van der Waals surface area (Å²) in [7, 11) is 0. The maximum absolute atomic E-state index is 11.3. The van der Waals surface area contributed by atoms with Crippen LogP contribution >= 0.6 is 22.6 Å². The molecule has 0 spiro atoms. The fourth-order valence-electron chi connectivity index (χ4n) is 1.71. The Morgan fingerprint density at radius 3 is 2.57 bits per heavy atom. The molecule has 1 aliphatic heterocycles. The second-order valence-electron chi connectivity index (χ2n) is 3.54. The number of halogens is 1. The number of benzene rings is 1. The first-order valence-corrected chi connectivity index (χ1v) is 5.86. The van der Waals surface area contributed by atoms with Crippen LogP contribution < -0.4 is 4.90 Å². The third kappa shape index (κ3) is 2.26. The van der Waals surface area contributed by atoms with Crippen molar-refractivity contribution in [1.29, 1.82) is 0 Å². The van der Waals surface area contributed by atoms with E-state index >= 15 is 0 Å². The van der Waals surface area contributed by atoms with Gasteiger partial charge in [-0.1, -0.05) is 0 Å². The maximum Gasteiger partial charge on any atom is 0.152 e. The van der Waals surface area contributed by atoms with Crippen molar-refractivity contribution in [3.8, 4) is 0 Å². The minimum atomic E-state index is 0.356. The quantitative estimate of drug-likeness (QED) is 0.743. The minimum absolute atomic E-state index is 0.356. The van der Waals surface area contributed by atoms with Gasteiger partial charge in [-0.15, -0.1) is 0 Å². The SMILES string of the molecule is O=C1CCCN(c2ccc(I)cc2)C1. The molecule has 0 unspecified atom stereocenters. The molecule has 0 aliphatic carbocycles. The molecule has 0 N–H and O–H groups in total. The molecule has 2 nitrogen and oxygen atoms in total. The molecule has 0 radical (unpaired) electrons. The average Bonchev–Trinajstić information content (AvgIpc) is 2.19. The fourth-order valence-corrected chi connectivity index (χ4v) is 2.07. The molecule has 1 aliphatic rings. The van der Waals surface area contributed by atoms with Gasteiger partial charge in [0.05, 0.1) is 6.54 Å². The first-order chi connectivity index (χ1) is 6.75. The second-order valence-corrected chi connectivity index (χ2v) is 4.79. The molecule has 2 rings (SSSR count). The van der Waals surface area contributed by atoms with Crippen LogP contribution in [0, 0.1) is 3.57 Å². The molecule has 1 fully saturated rings. The third-order valence-electron chi connectivity index (χ3n) is 2.44. The Balaban J connectivity index is 2.14. The summed E-state index contributed by atoms with van der Waals surface area (Å²) < 4.78 is 1.23. The molecule has 74 valence electrons. The lowest BCUT2D eigenvalue weighted by molar-refractivity contribution is -0.118. The Labute approximate surface area is 97.4 Å². The Bertz CT molecular complexity index is 334. The Morgan fingerprint density at radius 1 is 1.21 bits per heavy atom. The van der Waals surface area contributed by atoms with E-state index in [0.717, 1.165) is 19.4 Å². The van der Waals surface area contributed by atoms with Crippen molar-refractivity contribution < 1.29 is 4.79 Å². The lowest BCUT2D eigenvalue weighted by Gasteiger charge is -2.27. The van der Waals surface area contributed by atoms with Crippen molar-refractivity contribution >= 4 is 34.1 Å². The van der Waals surface area contributed by atoms with Crippen LogP contribution in [0.5, 0.6) is 0 Å². The number of rotatable bonds is 1. The highest BCUT2D eigenvalue weighted by Crippen LogP contribution is 2.19. The summed E-state index contributed by atoms with van der Waals surface area (Å²) >= 11 is 2.29. The van der Waals surface area contributed by atoms with Gasteiger partial charge in [-0.05, 0) is 53.3 Å². The van der Waals surface area contributed by atoms with E-state index in [2.05, 4.69) is 51.8 Å². The number of hydrogen-bond acceptors (Lipinski definition) is 2. The van der Waals surface area contributed by atoms with Crippen LogP contribution in [0.2, 0.25) is 0 Å². The van der Waals surface area contributed by atoms with Crippen molar-refractivity contribution in [2.75, 3.05) is 18.0 Å². The van der Waals surface area contributed by atoms with Crippen molar-refractivity contribution in [3.63, 3.8) is 0 Å². The number of hydrogen-bond donors (Lipinski definition) is 0. The maximum atomic E-state index is 11.3. The van der Waals surface area contributed by atoms with E-state index in [4.69, 9.17) is 0 Å². The van der Waals surface area contributed by atoms with Crippen LogP contribution in [-0.4, -0.2) is 18.9 Å². The summed E-state index contributed by atoms with van der Waals surface area (Å²) in [6, 6.07) is 8.32. The van der Waals surface area contributed by atoms with Crippen molar-refractivity contribution in [1.82, 2.24) is 0 Å². The molecule has 1 aromatic rings. The average molecular weight is 301 g/mol. The van der Waals surface area contributed by atoms with Gasteiger partial charge in [0.2, 0.25) is 0 Å². The molecule has 14 heavy (non-hydrogen) atoms. The van der Waals surface area contributed by atoms with Gasteiger partial charge in [0.25, 0.3) is 0 Å². The summed E-state index contributed by atoms with van der Waals surface area (Å²) in [6.07, 6.45) is 1.74. The molecule has 1 heterocycles. The Morgan fingerprint density at radius 2 is 1.93 bits per heavy atom. The number of anilines is 1. The first kappa shape index (κ1) is 9.96. The molecule has 3 heteroatoms. The monoisotopic (exact) mass is 301 g/mol. The van der Waals surface area contributed by atoms with E-state index in [-0.39, 0.29) is 0 Å². The smallest absolute Gasteiger partial charge is 0.152 e. The number of Topliss-reactive ketones (excluding diaryl/α,β-unsaturated/α-hetero) is 1. The number of piperidine rings is 1. The molecule has 0 atom stereocenters. The van der Waals surface area contributed by atoms with Gasteiger partial charge in [-0.25, -0.2) is 0 Å². The van der Waals surface area contributed by atoms with Crippen molar-refractivity contribution in [3.05, 3.63) is 27.8 Å². The predicted molar refractivity (Wildman–Crippen MR) is 65.6 cm³/mol. The molecule has 0 saturated carbocycles. The lowest BCUT2D eigenvalue weighted by atomic mass is 10.1. The van der Waals surface area contributed by atoms with Gasteiger partial charge in [0, 0.05) is 22.2 Å². The van der Waals surface area contributed by atoms with Gasteiger partial charge >= 0.3 is 0 Å². The van der Waals surface area contributed by atoms with E-state index < -0.39 is 0 Å². The highest BCUT2D eigenvalue weighted by molar-refractivity contribution is 14.1. The van der Waals surface area contributed by atoms with Gasteiger partial charge in [-0.3, -0.25) is 4.79 Å². The van der Waals surface area contributed by atoms with Crippen LogP contribution in [0.3, 0.4) is 0 Å². The van der Waals surface area contributed by atoms with Gasteiger partial charge < -0.3 is 4.90 Å². The molecular weight excluding hydrogens is 289 g/mol. The van der Waals surface area contributed by atoms with Crippen LogP contribution in [0.4, 0.5) is 5.69 Å². The largest absolute Gasteiger partial charge is 0.364 e. The van der Waals surface area contributed by atoms with Crippen LogP contribution in [-0.2, 0) is 4.79 Å². The fraction of sp³-hybridized carbons (Fsp3) is 0.364. The second kappa shape index (κ2) is 4.29. The third-order valence-corrected chi connectivity index (χ3v) is 3.16. The van der Waals surface area contributed by atoms with E-state index in [0.29, 0.717) is 12.3 Å². The molecule has 1 saturated heterocycles. The van der Waals surface area contributed by atoms with E-state index in [1.807, 2.05) is 0 Å². The van der Waals surface area contributed by atoms with Crippen molar-refractivity contribution in [2.45, 2.75) is 12.8 Å². The van der Waals surface area contributed by atoms with Crippen LogP contribution in [0.15, 0.2) is 24.3 Å².